The molecule has 0 amide bonds. The van der Waals surface area contributed by atoms with Gasteiger partial charge in [-0.25, -0.2) is 0 Å². The van der Waals surface area contributed by atoms with Crippen molar-refractivity contribution in [1.29, 1.82) is 0 Å². The Labute approximate surface area is 210 Å². The van der Waals surface area contributed by atoms with E-state index in [-0.39, 0.29) is 22.7 Å². The standard InChI is InChI=1S/C27H39ClN2O3Si/c1-26(2,3)34(5,6)33-24(21-8-7-9-22(28)17-21)18-30-27(14-15-27)19-29-23-12-10-20(11-13-23)16-25(31)32-4/h7-13,17,24,29-30H,14-16,18-19H2,1-6H3/t24-/m0/s1. The van der Waals surface area contributed by atoms with Crippen LogP contribution in [0.1, 0.15) is 50.8 Å². The highest BCUT2D eigenvalue weighted by Crippen LogP contribution is 2.41. The number of ether oxygens (including phenoxy) is 1. The van der Waals surface area contributed by atoms with Gasteiger partial charge in [0.2, 0.25) is 0 Å². The Morgan fingerprint density at radius 1 is 1.15 bits per heavy atom. The van der Waals surface area contributed by atoms with E-state index in [0.29, 0.717) is 6.42 Å². The Balaban J connectivity index is 1.62. The van der Waals surface area contributed by atoms with E-state index in [0.717, 1.165) is 47.8 Å². The number of hydrogen-bond donors (Lipinski definition) is 2. The molecular formula is C27H39ClN2O3Si. The van der Waals surface area contributed by atoms with Gasteiger partial charge in [-0.15, -0.1) is 0 Å². The molecule has 186 valence electrons. The van der Waals surface area contributed by atoms with Crippen molar-refractivity contribution < 1.29 is 14.0 Å². The summed E-state index contributed by atoms with van der Waals surface area (Å²) in [4.78, 5) is 11.5. The number of halogens is 1. The minimum atomic E-state index is -1.97. The molecular weight excluding hydrogens is 464 g/mol. The van der Waals surface area contributed by atoms with E-state index in [1.54, 1.807) is 0 Å². The number of carbonyl (C=O) groups is 1. The molecule has 1 fully saturated rings. The van der Waals surface area contributed by atoms with Crippen LogP contribution in [0.5, 0.6) is 0 Å². The number of carbonyl (C=O) groups excluding carboxylic acids is 1. The summed E-state index contributed by atoms with van der Waals surface area (Å²) in [5.41, 5.74) is 3.18. The van der Waals surface area contributed by atoms with Crippen LogP contribution in [0.3, 0.4) is 0 Å². The zero-order valence-corrected chi connectivity index (χ0v) is 23.1. The molecule has 0 spiro atoms. The predicted molar refractivity (Wildman–Crippen MR) is 143 cm³/mol. The summed E-state index contributed by atoms with van der Waals surface area (Å²) in [7, 11) is -0.556. The third kappa shape index (κ3) is 7.32. The molecule has 3 rings (SSSR count). The van der Waals surface area contributed by atoms with E-state index >= 15 is 0 Å². The van der Waals surface area contributed by atoms with Crippen LogP contribution >= 0.6 is 11.6 Å². The zero-order valence-electron chi connectivity index (χ0n) is 21.3. The number of anilines is 1. The minimum Gasteiger partial charge on any atom is -0.469 e. The van der Waals surface area contributed by atoms with Gasteiger partial charge in [-0.05, 0) is 66.4 Å². The van der Waals surface area contributed by atoms with Crippen LogP contribution in [-0.2, 0) is 20.4 Å². The number of esters is 1. The molecule has 0 unspecified atom stereocenters. The minimum absolute atomic E-state index is 0.0466. The molecule has 0 bridgehead atoms. The molecule has 1 atom stereocenters. The number of methoxy groups -OCH3 is 1. The van der Waals surface area contributed by atoms with Crippen molar-refractivity contribution in [3.63, 3.8) is 0 Å². The van der Waals surface area contributed by atoms with E-state index in [9.17, 15) is 4.79 Å². The molecule has 0 aliphatic heterocycles. The van der Waals surface area contributed by atoms with Gasteiger partial charge in [0.1, 0.15) is 0 Å². The Morgan fingerprint density at radius 3 is 2.38 bits per heavy atom. The van der Waals surface area contributed by atoms with Gasteiger partial charge >= 0.3 is 5.97 Å². The van der Waals surface area contributed by atoms with E-state index in [4.69, 9.17) is 20.8 Å². The Hall–Kier alpha value is -1.86. The van der Waals surface area contributed by atoms with Crippen molar-refractivity contribution in [3.05, 3.63) is 64.7 Å². The Bertz CT molecular complexity index is 969. The van der Waals surface area contributed by atoms with Crippen LogP contribution in [-0.4, -0.2) is 40.0 Å². The van der Waals surface area contributed by atoms with Gasteiger partial charge in [-0.1, -0.05) is 56.6 Å². The molecule has 2 aromatic carbocycles. The average molecular weight is 503 g/mol. The lowest BCUT2D eigenvalue weighted by Crippen LogP contribution is -2.46. The molecule has 0 saturated heterocycles. The van der Waals surface area contributed by atoms with Gasteiger partial charge in [0.25, 0.3) is 0 Å². The second-order valence-electron chi connectivity index (χ2n) is 10.9. The van der Waals surface area contributed by atoms with Gasteiger partial charge < -0.3 is 19.8 Å². The maximum Gasteiger partial charge on any atom is 0.309 e. The van der Waals surface area contributed by atoms with E-state index in [1.807, 2.05) is 42.5 Å². The average Bonchev–Trinajstić information content (AvgIpc) is 3.55. The highest BCUT2D eigenvalue weighted by Gasteiger charge is 2.44. The van der Waals surface area contributed by atoms with Crippen molar-refractivity contribution in [1.82, 2.24) is 5.32 Å². The lowest BCUT2D eigenvalue weighted by molar-refractivity contribution is -0.139. The highest BCUT2D eigenvalue weighted by atomic mass is 35.5. The number of hydrogen-bond acceptors (Lipinski definition) is 5. The van der Waals surface area contributed by atoms with Crippen LogP contribution in [0, 0.1) is 0 Å². The smallest absolute Gasteiger partial charge is 0.309 e. The van der Waals surface area contributed by atoms with Crippen LogP contribution in [0.2, 0.25) is 23.2 Å². The molecule has 1 aliphatic carbocycles. The first-order valence-corrected chi connectivity index (χ1v) is 15.3. The summed E-state index contributed by atoms with van der Waals surface area (Å²) in [5.74, 6) is -0.226. The number of benzene rings is 2. The van der Waals surface area contributed by atoms with Crippen LogP contribution < -0.4 is 10.6 Å². The molecule has 0 aromatic heterocycles. The lowest BCUT2D eigenvalue weighted by Gasteiger charge is -2.40. The molecule has 0 radical (unpaired) electrons. The molecule has 2 N–H and O–H groups in total. The fourth-order valence-electron chi connectivity index (χ4n) is 3.59. The third-order valence-corrected chi connectivity index (χ3v) is 11.9. The van der Waals surface area contributed by atoms with Crippen LogP contribution in [0.4, 0.5) is 5.69 Å². The molecule has 34 heavy (non-hydrogen) atoms. The highest BCUT2D eigenvalue weighted by molar-refractivity contribution is 6.74. The normalized spacial score (nSPS) is 16.1. The van der Waals surface area contributed by atoms with Crippen molar-refractivity contribution in [2.45, 2.75) is 69.8 Å². The molecule has 5 nitrogen and oxygen atoms in total. The van der Waals surface area contributed by atoms with Gasteiger partial charge in [0.15, 0.2) is 8.32 Å². The first kappa shape index (κ1) is 26.7. The third-order valence-electron chi connectivity index (χ3n) is 7.14. The molecule has 7 heteroatoms. The van der Waals surface area contributed by atoms with E-state index in [1.165, 1.54) is 7.11 Å². The SMILES string of the molecule is COC(=O)Cc1ccc(NCC2(NC[C@H](O[Si](C)(C)C(C)(C)C)c3cccc(Cl)c3)CC2)cc1. The number of rotatable bonds is 11. The Kier molecular flexibility index (Phi) is 8.50. The van der Waals surface area contributed by atoms with Crippen molar-refractivity contribution in [2.75, 3.05) is 25.5 Å². The summed E-state index contributed by atoms with van der Waals surface area (Å²) >= 11 is 6.32. The fourth-order valence-corrected chi connectivity index (χ4v) is 5.08. The van der Waals surface area contributed by atoms with E-state index in [2.05, 4.69) is 50.6 Å². The van der Waals surface area contributed by atoms with Crippen molar-refractivity contribution in [2.24, 2.45) is 0 Å². The summed E-state index contributed by atoms with van der Waals surface area (Å²) in [5, 5.41) is 8.23. The summed E-state index contributed by atoms with van der Waals surface area (Å²) < 4.78 is 11.6. The lowest BCUT2D eigenvalue weighted by atomic mass is 10.1. The molecule has 0 heterocycles. The maximum atomic E-state index is 11.5. The summed E-state index contributed by atoms with van der Waals surface area (Å²) in [6, 6.07) is 16.0. The first-order chi connectivity index (χ1) is 15.9. The van der Waals surface area contributed by atoms with Gasteiger partial charge in [-0.3, -0.25) is 4.79 Å². The van der Waals surface area contributed by atoms with Crippen molar-refractivity contribution >= 4 is 31.6 Å². The monoisotopic (exact) mass is 502 g/mol. The van der Waals surface area contributed by atoms with E-state index < -0.39 is 8.32 Å². The zero-order chi connectivity index (χ0) is 25.0. The fraction of sp³-hybridized carbons (Fsp3) is 0.519. The summed E-state index contributed by atoms with van der Waals surface area (Å²) in [6.45, 7) is 13.0. The predicted octanol–water partition coefficient (Wildman–Crippen LogP) is 6.35. The second kappa shape index (κ2) is 10.8. The molecule has 2 aromatic rings. The molecule has 1 aliphatic rings. The first-order valence-electron chi connectivity index (χ1n) is 12.0. The number of nitrogens with one attached hydrogen (secondary N) is 2. The second-order valence-corrected chi connectivity index (χ2v) is 16.1. The summed E-state index contributed by atoms with van der Waals surface area (Å²) in [6.07, 6.45) is 2.50. The molecule has 1 saturated carbocycles. The Morgan fingerprint density at radius 2 is 1.82 bits per heavy atom. The van der Waals surface area contributed by atoms with Crippen LogP contribution in [0.25, 0.3) is 0 Å². The van der Waals surface area contributed by atoms with Gasteiger partial charge in [-0.2, -0.15) is 0 Å². The quantitative estimate of drug-likeness (QED) is 0.277. The van der Waals surface area contributed by atoms with Crippen molar-refractivity contribution in [3.8, 4) is 0 Å². The van der Waals surface area contributed by atoms with Crippen LogP contribution in [0.15, 0.2) is 48.5 Å². The van der Waals surface area contributed by atoms with Gasteiger partial charge in [0, 0.05) is 29.3 Å². The maximum absolute atomic E-state index is 11.5. The van der Waals surface area contributed by atoms with Gasteiger partial charge in [0.05, 0.1) is 19.6 Å². The topological polar surface area (TPSA) is 59.6 Å². The largest absolute Gasteiger partial charge is 0.469 e.